The predicted octanol–water partition coefficient (Wildman–Crippen LogP) is 5.18. The third-order valence-electron chi connectivity index (χ3n) is 10.1. The van der Waals surface area contributed by atoms with Crippen molar-refractivity contribution in [1.82, 2.24) is 25.2 Å². The largest absolute Gasteiger partial charge is 0.508 e. The number of nitrogens with zero attached hydrogens (tertiary/aromatic N) is 5. The van der Waals surface area contributed by atoms with Crippen molar-refractivity contribution in [1.29, 1.82) is 0 Å². The smallest absolute Gasteiger partial charge is 0.319 e. The molecule has 0 spiro atoms. The molecule has 8 rings (SSSR count). The van der Waals surface area contributed by atoms with Crippen LogP contribution in [0.5, 0.6) is 11.8 Å². The molecule has 3 atom stereocenters. The quantitative estimate of drug-likeness (QED) is 0.243. The molecule has 4 aliphatic heterocycles. The van der Waals surface area contributed by atoms with Crippen molar-refractivity contribution >= 4 is 27.5 Å². The molecule has 4 aliphatic rings. The lowest BCUT2D eigenvalue weighted by Crippen LogP contribution is -2.51. The van der Waals surface area contributed by atoms with Crippen molar-refractivity contribution in [2.24, 2.45) is 0 Å². The van der Waals surface area contributed by atoms with E-state index in [1.54, 1.807) is 18.3 Å². The van der Waals surface area contributed by atoms with E-state index in [0.29, 0.717) is 51.8 Å². The summed E-state index contributed by atoms with van der Waals surface area (Å²) in [4.78, 5) is 19.0. The second kappa shape index (κ2) is 10.4. The van der Waals surface area contributed by atoms with Gasteiger partial charge in [0.15, 0.2) is 5.82 Å². The number of anilines is 1. The number of pyridine rings is 1. The molecule has 2 bridgehead atoms. The Labute approximate surface area is 256 Å². The minimum absolute atomic E-state index is 0.00379. The molecular weight excluding hydrogens is 555 g/mol. The van der Waals surface area contributed by atoms with Crippen molar-refractivity contribution in [3.8, 4) is 35.4 Å². The summed E-state index contributed by atoms with van der Waals surface area (Å²) in [6, 6.07) is 9.52. The molecule has 4 aromatic rings. The topological polar surface area (TPSA) is 86.6 Å². The number of halogens is 1. The Kier molecular flexibility index (Phi) is 6.47. The van der Waals surface area contributed by atoms with Crippen LogP contribution >= 0.6 is 0 Å². The highest BCUT2D eigenvalue weighted by atomic mass is 19.1. The van der Waals surface area contributed by atoms with Gasteiger partial charge in [-0.25, -0.2) is 4.39 Å². The van der Waals surface area contributed by atoms with Gasteiger partial charge in [0.05, 0.1) is 10.9 Å². The third-order valence-corrected chi connectivity index (χ3v) is 10.1. The second-order valence-electron chi connectivity index (χ2n) is 12.8. The van der Waals surface area contributed by atoms with Gasteiger partial charge in [0, 0.05) is 54.4 Å². The maximum absolute atomic E-state index is 16.8. The first-order chi connectivity index (χ1) is 21.4. The Hall–Kier alpha value is -4.26. The number of phenolic OH excluding ortho intramolecular Hbond substituents is 1. The van der Waals surface area contributed by atoms with Gasteiger partial charge >= 0.3 is 6.01 Å². The molecule has 4 fully saturated rings. The molecule has 0 radical (unpaired) electrons. The van der Waals surface area contributed by atoms with Crippen LogP contribution in [0.1, 0.15) is 44.6 Å². The number of terminal acetylenes is 1. The minimum Gasteiger partial charge on any atom is -0.508 e. The summed E-state index contributed by atoms with van der Waals surface area (Å²) >= 11 is 0. The molecule has 0 amide bonds. The molecule has 3 unspecified atom stereocenters. The van der Waals surface area contributed by atoms with Crippen LogP contribution in [0.2, 0.25) is 0 Å². The number of ether oxygens (including phenoxy) is 1. The van der Waals surface area contributed by atoms with Crippen LogP contribution < -0.4 is 15.0 Å². The van der Waals surface area contributed by atoms with Gasteiger partial charge in [0.2, 0.25) is 0 Å². The number of hydrogen-bond donors (Lipinski definition) is 2. The van der Waals surface area contributed by atoms with Crippen molar-refractivity contribution in [2.75, 3.05) is 37.7 Å². The molecule has 0 aliphatic carbocycles. The summed E-state index contributed by atoms with van der Waals surface area (Å²) in [7, 11) is 0. The summed E-state index contributed by atoms with van der Waals surface area (Å²) in [5.74, 6) is 2.76. The molecule has 6 heterocycles. The zero-order valence-electron chi connectivity index (χ0n) is 24.8. The first-order valence-corrected chi connectivity index (χ1v) is 15.6. The summed E-state index contributed by atoms with van der Waals surface area (Å²) in [6.45, 7) is 6.11. The Morgan fingerprint density at radius 3 is 2.86 bits per heavy atom. The maximum atomic E-state index is 16.8. The number of benzene rings is 2. The number of hydrogen-bond acceptors (Lipinski definition) is 8. The minimum atomic E-state index is -0.592. The average molecular weight is 591 g/mol. The van der Waals surface area contributed by atoms with E-state index in [2.05, 4.69) is 39.0 Å². The Morgan fingerprint density at radius 2 is 2.07 bits per heavy atom. The predicted molar refractivity (Wildman–Crippen MR) is 169 cm³/mol. The molecule has 2 aromatic heterocycles. The van der Waals surface area contributed by atoms with Crippen LogP contribution in [0.15, 0.2) is 48.2 Å². The number of aromatic nitrogens is 3. The van der Waals surface area contributed by atoms with E-state index in [0.717, 1.165) is 58.3 Å². The fourth-order valence-corrected chi connectivity index (χ4v) is 7.98. The zero-order valence-corrected chi connectivity index (χ0v) is 24.8. The maximum Gasteiger partial charge on any atom is 0.319 e. The highest BCUT2D eigenvalue weighted by Gasteiger charge is 2.47. The molecule has 2 N–H and O–H groups in total. The van der Waals surface area contributed by atoms with Gasteiger partial charge in [-0.3, -0.25) is 9.88 Å². The van der Waals surface area contributed by atoms with Crippen LogP contribution in [-0.4, -0.2) is 75.4 Å². The van der Waals surface area contributed by atoms with Crippen LogP contribution in [0, 0.1) is 18.2 Å². The third kappa shape index (κ3) is 4.39. The highest BCUT2D eigenvalue weighted by Crippen LogP contribution is 2.42. The van der Waals surface area contributed by atoms with Gasteiger partial charge in [-0.05, 0) is 69.2 Å². The van der Waals surface area contributed by atoms with E-state index in [4.69, 9.17) is 21.1 Å². The van der Waals surface area contributed by atoms with Crippen LogP contribution in [0.25, 0.3) is 32.9 Å². The van der Waals surface area contributed by atoms with Gasteiger partial charge in [-0.15, -0.1) is 6.42 Å². The van der Waals surface area contributed by atoms with Gasteiger partial charge in [-0.1, -0.05) is 29.7 Å². The van der Waals surface area contributed by atoms with Crippen molar-refractivity contribution < 1.29 is 14.2 Å². The van der Waals surface area contributed by atoms with Gasteiger partial charge in [0.25, 0.3) is 0 Å². The van der Waals surface area contributed by atoms with Crippen molar-refractivity contribution in [3.05, 3.63) is 59.6 Å². The Balaban J connectivity index is 1.26. The number of piperazine rings is 1. The highest BCUT2D eigenvalue weighted by molar-refractivity contribution is 6.02. The standard InChI is InChI=1S/C35H35FN6O2/c1-3-21-15-35(11-6-12-42(35)17-21)20-44-34-39-32-28(33(40-34)41-18-24-9-10-25(19-41)38-24)16-37-31(30(32)36)27-14-26(43)13-23-8-5-7-22(4-2)29(23)27/h2-3,5,7-8,13-14,16,24-25,38,43H,6,9-12,15,17-20H2,1H3. The first-order valence-electron chi connectivity index (χ1n) is 15.6. The molecule has 9 heteroatoms. The average Bonchev–Trinajstić information content (AvgIpc) is 3.70. The molecule has 2 aromatic carbocycles. The van der Waals surface area contributed by atoms with Crippen molar-refractivity contribution in [2.45, 2.75) is 56.7 Å². The van der Waals surface area contributed by atoms with E-state index >= 15 is 4.39 Å². The molecule has 224 valence electrons. The van der Waals surface area contributed by atoms with E-state index in [9.17, 15) is 5.11 Å². The number of nitrogens with one attached hydrogen (secondary N) is 1. The molecule has 44 heavy (non-hydrogen) atoms. The monoisotopic (exact) mass is 590 g/mol. The van der Waals surface area contributed by atoms with E-state index < -0.39 is 5.82 Å². The van der Waals surface area contributed by atoms with Gasteiger partial charge in [0.1, 0.15) is 29.4 Å². The van der Waals surface area contributed by atoms with Crippen LogP contribution in [-0.2, 0) is 0 Å². The summed E-state index contributed by atoms with van der Waals surface area (Å²) in [5, 5.41) is 16.1. The van der Waals surface area contributed by atoms with Gasteiger partial charge < -0.3 is 20.1 Å². The second-order valence-corrected chi connectivity index (χ2v) is 12.8. The summed E-state index contributed by atoms with van der Waals surface area (Å²) in [5.41, 5.74) is 2.59. The number of fused-ring (bicyclic) bond motifs is 5. The first kappa shape index (κ1) is 27.3. The lowest BCUT2D eigenvalue weighted by Gasteiger charge is -2.34. The molecule has 0 saturated carbocycles. The normalized spacial score (nSPS) is 25.7. The Bertz CT molecular complexity index is 1870. The van der Waals surface area contributed by atoms with E-state index in [1.165, 1.54) is 11.6 Å². The van der Waals surface area contributed by atoms with Crippen LogP contribution in [0.4, 0.5) is 10.2 Å². The summed E-state index contributed by atoms with van der Waals surface area (Å²) < 4.78 is 23.2. The molecule has 4 saturated heterocycles. The summed E-state index contributed by atoms with van der Waals surface area (Å²) in [6.07, 6.45) is 15.1. The number of phenols is 1. The molecule has 8 nitrogen and oxygen atoms in total. The number of rotatable bonds is 5. The SMILES string of the molecule is C#Cc1cccc2cc(O)cc(-c3ncc4c(N5CC6CCC(C5)N6)nc(OCC56CCCN5CC(=CC)C6)nc4c3F)c12. The van der Waals surface area contributed by atoms with Gasteiger partial charge in [-0.2, -0.15) is 9.97 Å². The lowest BCUT2D eigenvalue weighted by atomic mass is 9.93. The number of aromatic hydroxyl groups is 1. The molecular formula is C35H35FN6O2. The van der Waals surface area contributed by atoms with Crippen LogP contribution in [0.3, 0.4) is 0 Å². The fraction of sp³-hybridized carbons (Fsp3) is 0.400. The van der Waals surface area contributed by atoms with E-state index in [1.807, 2.05) is 12.1 Å². The fourth-order valence-electron chi connectivity index (χ4n) is 7.98. The van der Waals surface area contributed by atoms with E-state index in [-0.39, 0.29) is 28.5 Å². The zero-order chi connectivity index (χ0) is 30.0. The van der Waals surface area contributed by atoms with Crippen molar-refractivity contribution in [3.63, 3.8) is 0 Å². The lowest BCUT2D eigenvalue weighted by molar-refractivity contribution is 0.108. The number of allylic oxidation sites excluding steroid dienone is 1. The Morgan fingerprint density at radius 1 is 1.23 bits per heavy atom.